The molecule has 0 radical (unpaired) electrons. The molecule has 1 aliphatic carbocycles. The molecule has 15 heavy (non-hydrogen) atoms. The number of hydrogen-bond acceptors (Lipinski definition) is 2. The van der Waals surface area contributed by atoms with E-state index in [1.54, 1.807) is 5.70 Å². The molecule has 0 bridgehead atoms. The van der Waals surface area contributed by atoms with Crippen molar-refractivity contribution in [2.45, 2.75) is 25.9 Å². The first kappa shape index (κ1) is 9.46. The molecule has 0 saturated carbocycles. The van der Waals surface area contributed by atoms with Gasteiger partial charge in [-0.1, -0.05) is 19.1 Å². The monoisotopic (exact) mass is 204 g/mol. The molecule has 0 aromatic carbocycles. The molecule has 0 N–H and O–H groups in total. The summed E-state index contributed by atoms with van der Waals surface area (Å²) in [5.41, 5.74) is 2.02. The fourth-order valence-corrected chi connectivity index (χ4v) is 3.99. The topological polar surface area (TPSA) is 6.48 Å². The molecule has 0 amide bonds. The zero-order valence-electron chi connectivity index (χ0n) is 9.90. The first-order valence-corrected chi connectivity index (χ1v) is 5.94. The van der Waals surface area contributed by atoms with Gasteiger partial charge in [-0.15, -0.1) is 0 Å². The van der Waals surface area contributed by atoms with Crippen LogP contribution in [0, 0.1) is 11.3 Å². The van der Waals surface area contributed by atoms with Gasteiger partial charge < -0.3 is 4.90 Å². The number of allylic oxidation sites excluding steroid dienone is 4. The van der Waals surface area contributed by atoms with E-state index < -0.39 is 0 Å². The lowest BCUT2D eigenvalue weighted by molar-refractivity contribution is 0.107. The van der Waals surface area contributed by atoms with E-state index in [1.807, 2.05) is 0 Å². The Kier molecular flexibility index (Phi) is 1.82. The van der Waals surface area contributed by atoms with Gasteiger partial charge in [-0.3, -0.25) is 4.90 Å². The highest BCUT2D eigenvalue weighted by Crippen LogP contribution is 2.55. The van der Waals surface area contributed by atoms with Crippen molar-refractivity contribution in [1.29, 1.82) is 0 Å². The van der Waals surface area contributed by atoms with Gasteiger partial charge in [-0.05, 0) is 26.0 Å². The summed E-state index contributed by atoms with van der Waals surface area (Å²) in [6, 6.07) is 0. The van der Waals surface area contributed by atoms with E-state index in [4.69, 9.17) is 0 Å². The Morgan fingerprint density at radius 3 is 3.00 bits per heavy atom. The Balaban J connectivity index is 2.05. The van der Waals surface area contributed by atoms with Crippen LogP contribution in [0.2, 0.25) is 0 Å². The van der Waals surface area contributed by atoms with Crippen LogP contribution in [0.3, 0.4) is 0 Å². The van der Waals surface area contributed by atoms with E-state index in [0.717, 1.165) is 5.92 Å². The molecular formula is C13H20N2. The van der Waals surface area contributed by atoms with Gasteiger partial charge in [0.2, 0.25) is 0 Å². The van der Waals surface area contributed by atoms with Gasteiger partial charge in [0.05, 0.1) is 6.17 Å². The van der Waals surface area contributed by atoms with Crippen molar-refractivity contribution in [3.63, 3.8) is 0 Å². The highest BCUT2D eigenvalue weighted by molar-refractivity contribution is 5.29. The largest absolute Gasteiger partial charge is 0.361 e. The molecular weight excluding hydrogens is 184 g/mol. The van der Waals surface area contributed by atoms with Gasteiger partial charge in [0.1, 0.15) is 0 Å². The lowest BCUT2D eigenvalue weighted by atomic mass is 9.73. The van der Waals surface area contributed by atoms with Crippen LogP contribution >= 0.6 is 0 Å². The summed E-state index contributed by atoms with van der Waals surface area (Å²) in [5.74, 6) is 0.752. The standard InChI is InChI=1S/C13H20N2/c1-13-8-9-14(2)12(13)15(3)11-7-5-4-6-10(11)13/h4-5,7,10,12H,6,8-9H2,1-3H3/t10?,12-,13+/m1/s1. The molecule has 2 fully saturated rings. The quantitative estimate of drug-likeness (QED) is 0.596. The number of fused-ring (bicyclic) bond motifs is 3. The van der Waals surface area contributed by atoms with Crippen molar-refractivity contribution >= 4 is 0 Å². The lowest BCUT2D eigenvalue weighted by Crippen LogP contribution is -2.41. The molecule has 2 heteroatoms. The normalized spacial score (nSPS) is 44.2. The molecule has 2 heterocycles. The number of hydrogen-bond donors (Lipinski definition) is 0. The van der Waals surface area contributed by atoms with E-state index >= 15 is 0 Å². The van der Waals surface area contributed by atoms with Crippen LogP contribution in [0.25, 0.3) is 0 Å². The number of rotatable bonds is 0. The van der Waals surface area contributed by atoms with Crippen LogP contribution in [0.4, 0.5) is 0 Å². The van der Waals surface area contributed by atoms with Crippen molar-refractivity contribution in [2.75, 3.05) is 20.6 Å². The third-order valence-corrected chi connectivity index (χ3v) is 4.71. The predicted molar refractivity (Wildman–Crippen MR) is 62.2 cm³/mol. The Hall–Kier alpha value is -0.760. The third-order valence-electron chi connectivity index (χ3n) is 4.71. The molecule has 3 rings (SSSR count). The summed E-state index contributed by atoms with van der Waals surface area (Å²) in [5, 5.41) is 0. The zero-order valence-corrected chi connectivity index (χ0v) is 9.90. The molecule has 0 spiro atoms. The summed E-state index contributed by atoms with van der Waals surface area (Å²) in [4.78, 5) is 5.01. The molecule has 2 aliphatic heterocycles. The zero-order chi connectivity index (χ0) is 10.6. The Morgan fingerprint density at radius 1 is 1.40 bits per heavy atom. The van der Waals surface area contributed by atoms with Gasteiger partial charge in [0, 0.05) is 30.6 Å². The molecule has 0 aromatic heterocycles. The molecule has 3 aliphatic rings. The maximum atomic E-state index is 2.51. The maximum Gasteiger partial charge on any atom is 0.0873 e. The van der Waals surface area contributed by atoms with Crippen molar-refractivity contribution < 1.29 is 0 Å². The summed E-state index contributed by atoms with van der Waals surface area (Å²) in [7, 11) is 4.52. The second-order valence-electron chi connectivity index (χ2n) is 5.53. The van der Waals surface area contributed by atoms with Crippen molar-refractivity contribution in [3.8, 4) is 0 Å². The summed E-state index contributed by atoms with van der Waals surface area (Å²) >= 11 is 0. The lowest BCUT2D eigenvalue weighted by Gasteiger charge is -2.32. The third kappa shape index (κ3) is 1.03. The molecule has 2 saturated heterocycles. The van der Waals surface area contributed by atoms with Gasteiger partial charge in [-0.2, -0.15) is 0 Å². The Bertz CT molecular complexity index is 344. The van der Waals surface area contributed by atoms with E-state index in [1.165, 1.54) is 19.4 Å². The molecule has 3 atom stereocenters. The summed E-state index contributed by atoms with van der Waals surface area (Å²) in [6.07, 6.45) is 10.0. The van der Waals surface area contributed by atoms with E-state index in [-0.39, 0.29) is 0 Å². The average molecular weight is 204 g/mol. The molecule has 2 nitrogen and oxygen atoms in total. The number of likely N-dealkylation sites (tertiary alicyclic amines) is 2. The van der Waals surface area contributed by atoms with Crippen LogP contribution in [0.5, 0.6) is 0 Å². The number of nitrogens with zero attached hydrogens (tertiary/aromatic N) is 2. The van der Waals surface area contributed by atoms with E-state index in [0.29, 0.717) is 11.6 Å². The van der Waals surface area contributed by atoms with Crippen LogP contribution < -0.4 is 0 Å². The van der Waals surface area contributed by atoms with Crippen molar-refractivity contribution in [3.05, 3.63) is 23.9 Å². The second kappa shape index (κ2) is 2.88. The molecule has 0 aromatic rings. The minimum Gasteiger partial charge on any atom is -0.361 e. The maximum absolute atomic E-state index is 2.51. The van der Waals surface area contributed by atoms with Crippen LogP contribution in [0.15, 0.2) is 23.9 Å². The summed E-state index contributed by atoms with van der Waals surface area (Å²) in [6.45, 7) is 3.72. The smallest absolute Gasteiger partial charge is 0.0873 e. The van der Waals surface area contributed by atoms with Gasteiger partial charge in [0.15, 0.2) is 0 Å². The van der Waals surface area contributed by atoms with Gasteiger partial charge >= 0.3 is 0 Å². The van der Waals surface area contributed by atoms with Crippen LogP contribution in [-0.2, 0) is 0 Å². The first-order chi connectivity index (χ1) is 7.14. The molecule has 82 valence electrons. The average Bonchev–Trinajstić information content (AvgIpc) is 2.65. The Labute approximate surface area is 92.2 Å². The minimum atomic E-state index is 0.472. The SMILES string of the molecule is CN1CC[C@@]2(C)C3CC=CC=C3N(C)[C@@H]12. The molecule has 1 unspecified atom stereocenters. The highest BCUT2D eigenvalue weighted by Gasteiger charge is 2.56. The fourth-order valence-electron chi connectivity index (χ4n) is 3.99. The van der Waals surface area contributed by atoms with Gasteiger partial charge in [-0.25, -0.2) is 0 Å². The van der Waals surface area contributed by atoms with E-state index in [2.05, 4.69) is 49.0 Å². The van der Waals surface area contributed by atoms with Crippen molar-refractivity contribution in [2.24, 2.45) is 11.3 Å². The van der Waals surface area contributed by atoms with E-state index in [9.17, 15) is 0 Å². The van der Waals surface area contributed by atoms with Crippen LogP contribution in [0.1, 0.15) is 19.8 Å². The first-order valence-electron chi connectivity index (χ1n) is 5.94. The highest BCUT2D eigenvalue weighted by atomic mass is 15.4. The predicted octanol–water partition coefficient (Wildman–Crippen LogP) is 2.06. The minimum absolute atomic E-state index is 0.472. The second-order valence-corrected chi connectivity index (χ2v) is 5.53. The Morgan fingerprint density at radius 2 is 2.20 bits per heavy atom. The fraction of sp³-hybridized carbons (Fsp3) is 0.692. The van der Waals surface area contributed by atoms with Crippen molar-refractivity contribution in [1.82, 2.24) is 9.80 Å². The summed E-state index contributed by atoms with van der Waals surface area (Å²) < 4.78 is 0. The van der Waals surface area contributed by atoms with Crippen LogP contribution in [-0.4, -0.2) is 36.6 Å². The van der Waals surface area contributed by atoms with Gasteiger partial charge in [0.25, 0.3) is 0 Å².